The Kier molecular flexibility index (Phi) is 6.04. The minimum Gasteiger partial charge on any atom is -0.480 e. The van der Waals surface area contributed by atoms with Gasteiger partial charge in [0.1, 0.15) is 5.25 Å². The minimum absolute atomic E-state index is 0.101. The molecule has 10 heteroatoms. The maximum Gasteiger partial charge on any atom is 0.416 e. The van der Waals surface area contributed by atoms with Gasteiger partial charge in [0, 0.05) is 24.0 Å². The third-order valence-electron chi connectivity index (χ3n) is 4.09. The summed E-state index contributed by atoms with van der Waals surface area (Å²) in [4.78, 5) is 12.5. The van der Waals surface area contributed by atoms with Gasteiger partial charge in [-0.15, -0.1) is 11.8 Å². The second-order valence-corrected chi connectivity index (χ2v) is 7.50. The van der Waals surface area contributed by atoms with Gasteiger partial charge in [-0.25, -0.2) is 0 Å². The third kappa shape index (κ3) is 4.99. The summed E-state index contributed by atoms with van der Waals surface area (Å²) in [5.74, 6) is -0.977. The Morgan fingerprint density at radius 2 is 1.73 bits per heavy atom. The van der Waals surface area contributed by atoms with E-state index in [1.54, 1.807) is 6.92 Å². The molecule has 1 aromatic carbocycles. The van der Waals surface area contributed by atoms with Crippen molar-refractivity contribution in [2.75, 3.05) is 18.0 Å². The summed E-state index contributed by atoms with van der Waals surface area (Å²) in [6.45, 7) is 2.18. The van der Waals surface area contributed by atoms with E-state index in [2.05, 4.69) is 0 Å². The van der Waals surface area contributed by atoms with Crippen molar-refractivity contribution in [1.29, 1.82) is 0 Å². The summed E-state index contributed by atoms with van der Waals surface area (Å²) in [6.07, 6.45) is -8.90. The molecule has 0 aliphatic carbocycles. The van der Waals surface area contributed by atoms with Gasteiger partial charge in [-0.2, -0.15) is 26.3 Å². The number of alkyl halides is 6. The Morgan fingerprint density at radius 1 is 1.19 bits per heavy atom. The molecule has 2 rings (SSSR count). The van der Waals surface area contributed by atoms with Crippen molar-refractivity contribution in [3.63, 3.8) is 0 Å². The van der Waals surface area contributed by atoms with Gasteiger partial charge in [-0.3, -0.25) is 4.79 Å². The Morgan fingerprint density at radius 3 is 2.15 bits per heavy atom. The molecule has 1 aromatic rings. The zero-order valence-corrected chi connectivity index (χ0v) is 14.5. The molecule has 1 fully saturated rings. The van der Waals surface area contributed by atoms with Crippen molar-refractivity contribution in [1.82, 2.24) is 0 Å². The summed E-state index contributed by atoms with van der Waals surface area (Å²) in [5.41, 5.74) is -2.86. The predicted molar refractivity (Wildman–Crippen MR) is 86.4 cm³/mol. The molecule has 0 spiro atoms. The van der Waals surface area contributed by atoms with Crippen LogP contribution in [0.5, 0.6) is 0 Å². The van der Waals surface area contributed by atoms with Crippen molar-refractivity contribution < 1.29 is 36.2 Å². The first kappa shape index (κ1) is 20.7. The van der Waals surface area contributed by atoms with Crippen LogP contribution in [-0.2, 0) is 17.1 Å². The lowest BCUT2D eigenvalue weighted by atomic mass is 10.1. The third-order valence-corrected chi connectivity index (χ3v) is 5.72. The molecule has 0 aromatic heterocycles. The molecule has 26 heavy (non-hydrogen) atoms. The smallest absolute Gasteiger partial charge is 0.416 e. The predicted octanol–water partition coefficient (Wildman–Crippen LogP) is 4.90. The number of hydrogen-bond donors (Lipinski definition) is 1. The number of hydrogen-bond acceptors (Lipinski definition) is 3. The lowest BCUT2D eigenvalue weighted by Gasteiger charge is -2.22. The maximum absolute atomic E-state index is 13.0. The highest BCUT2D eigenvalue weighted by Gasteiger charge is 2.38. The van der Waals surface area contributed by atoms with E-state index >= 15 is 0 Å². The van der Waals surface area contributed by atoms with Crippen LogP contribution in [0.1, 0.15) is 30.9 Å². The summed E-state index contributed by atoms with van der Waals surface area (Å²) in [7, 11) is 0. The molecular formula is C16H17F6NO2S. The number of nitrogens with zero attached hydrogens (tertiary/aromatic N) is 1. The number of anilines is 1. The number of carboxylic acids is 1. The van der Waals surface area contributed by atoms with Crippen LogP contribution >= 0.6 is 11.8 Å². The van der Waals surface area contributed by atoms with Crippen LogP contribution in [0.15, 0.2) is 18.2 Å². The molecule has 0 radical (unpaired) electrons. The quantitative estimate of drug-likeness (QED) is 0.713. The molecule has 2 atom stereocenters. The van der Waals surface area contributed by atoms with E-state index in [4.69, 9.17) is 5.11 Å². The van der Waals surface area contributed by atoms with Gasteiger partial charge in [0.15, 0.2) is 0 Å². The lowest BCUT2D eigenvalue weighted by molar-refractivity contribution is -0.143. The maximum atomic E-state index is 13.0. The van der Waals surface area contributed by atoms with Gasteiger partial charge in [-0.05, 0) is 31.0 Å². The van der Waals surface area contributed by atoms with E-state index in [1.165, 1.54) is 16.7 Å². The van der Waals surface area contributed by atoms with E-state index < -0.39 is 34.7 Å². The zero-order valence-electron chi connectivity index (χ0n) is 13.7. The zero-order chi connectivity index (χ0) is 19.7. The molecule has 0 saturated carbocycles. The van der Waals surface area contributed by atoms with Gasteiger partial charge in [0.2, 0.25) is 0 Å². The first-order chi connectivity index (χ1) is 11.9. The Hall–Kier alpha value is -1.58. The number of halogens is 6. The molecular weight excluding hydrogens is 384 g/mol. The van der Waals surface area contributed by atoms with Crippen molar-refractivity contribution >= 4 is 23.4 Å². The minimum atomic E-state index is -4.89. The van der Waals surface area contributed by atoms with Gasteiger partial charge < -0.3 is 10.0 Å². The fourth-order valence-corrected chi connectivity index (χ4v) is 4.04. The molecule has 1 N–H and O–H groups in total. The topological polar surface area (TPSA) is 40.5 Å². The molecule has 1 aliphatic rings. The van der Waals surface area contributed by atoms with Crippen molar-refractivity contribution in [2.45, 2.75) is 42.6 Å². The number of aliphatic carboxylic acids is 1. The van der Waals surface area contributed by atoms with E-state index in [0.717, 1.165) is 0 Å². The number of thioether (sulfide) groups is 1. The second kappa shape index (κ2) is 7.58. The second-order valence-electron chi connectivity index (χ2n) is 5.99. The fourth-order valence-electron chi connectivity index (χ4n) is 2.76. The van der Waals surface area contributed by atoms with E-state index in [9.17, 15) is 31.1 Å². The largest absolute Gasteiger partial charge is 0.480 e. The Labute approximate surface area is 150 Å². The van der Waals surface area contributed by atoms with Gasteiger partial charge >= 0.3 is 18.3 Å². The first-order valence-corrected chi connectivity index (χ1v) is 8.78. The molecule has 0 bridgehead atoms. The molecule has 146 valence electrons. The fraction of sp³-hybridized carbons (Fsp3) is 0.562. The van der Waals surface area contributed by atoms with Crippen LogP contribution in [0.3, 0.4) is 0 Å². The van der Waals surface area contributed by atoms with E-state index in [-0.39, 0.29) is 30.1 Å². The Balaban J connectivity index is 2.24. The monoisotopic (exact) mass is 401 g/mol. The van der Waals surface area contributed by atoms with Crippen LogP contribution in [0, 0.1) is 0 Å². The highest BCUT2D eigenvalue weighted by Crippen LogP contribution is 2.40. The molecule has 3 nitrogen and oxygen atoms in total. The first-order valence-electron chi connectivity index (χ1n) is 7.84. The van der Waals surface area contributed by atoms with E-state index in [1.807, 2.05) is 0 Å². The van der Waals surface area contributed by atoms with Crippen LogP contribution < -0.4 is 4.90 Å². The van der Waals surface area contributed by atoms with Crippen LogP contribution in [-0.4, -0.2) is 34.7 Å². The van der Waals surface area contributed by atoms with Crippen molar-refractivity contribution in [3.05, 3.63) is 29.3 Å². The summed E-state index contributed by atoms with van der Waals surface area (Å²) in [5, 5.41) is 8.27. The number of carboxylic acid groups (broad SMARTS) is 1. The van der Waals surface area contributed by atoms with E-state index in [0.29, 0.717) is 25.0 Å². The van der Waals surface area contributed by atoms with Gasteiger partial charge in [0.25, 0.3) is 0 Å². The van der Waals surface area contributed by atoms with Crippen molar-refractivity contribution in [3.8, 4) is 0 Å². The van der Waals surface area contributed by atoms with Crippen LogP contribution in [0.4, 0.5) is 32.0 Å². The normalized spacial score (nSPS) is 19.7. The highest BCUT2D eigenvalue weighted by molar-refractivity contribution is 8.01. The summed E-state index contributed by atoms with van der Waals surface area (Å²) in [6, 6.07) is 1.51. The SMILES string of the molecule is CCC(SC1CCN(c2cc(C(F)(F)F)cc(C(F)(F)F)c2)C1)C(=O)O. The van der Waals surface area contributed by atoms with Gasteiger partial charge in [-0.1, -0.05) is 6.92 Å². The standard InChI is InChI=1S/C16H17F6NO2S/c1-2-13(14(24)25)26-12-3-4-23(8-12)11-6-9(15(17,18)19)5-10(7-11)16(20,21)22/h5-7,12-13H,2-4,8H2,1H3,(H,24,25). The summed E-state index contributed by atoms with van der Waals surface area (Å²) >= 11 is 1.19. The molecule has 1 saturated heterocycles. The summed E-state index contributed by atoms with van der Waals surface area (Å²) < 4.78 is 77.7. The molecule has 1 aliphatic heterocycles. The number of carbonyl (C=O) groups is 1. The van der Waals surface area contributed by atoms with Gasteiger partial charge in [0.05, 0.1) is 11.1 Å². The average Bonchev–Trinajstić information content (AvgIpc) is 2.98. The Bertz CT molecular complexity index is 629. The van der Waals surface area contributed by atoms with Crippen LogP contribution in [0.2, 0.25) is 0 Å². The molecule has 1 heterocycles. The highest BCUT2D eigenvalue weighted by atomic mass is 32.2. The van der Waals surface area contributed by atoms with Crippen molar-refractivity contribution in [2.24, 2.45) is 0 Å². The molecule has 0 amide bonds. The number of rotatable bonds is 5. The lowest BCUT2D eigenvalue weighted by Crippen LogP contribution is -2.24. The average molecular weight is 401 g/mol. The molecule has 2 unspecified atom stereocenters. The van der Waals surface area contributed by atoms with Crippen LogP contribution in [0.25, 0.3) is 0 Å². The number of benzene rings is 1.